The Morgan fingerprint density at radius 3 is 1.76 bits per heavy atom. The first kappa shape index (κ1) is 29.7. The van der Waals surface area contributed by atoms with E-state index in [1.165, 1.54) is 102 Å². The number of carboxylic acids is 1. The minimum Gasteiger partial charge on any atom is -0.494 e. The van der Waals surface area contributed by atoms with Crippen LogP contribution in [0.2, 0.25) is 0 Å². The van der Waals surface area contributed by atoms with Gasteiger partial charge in [0.25, 0.3) is 5.91 Å². The Kier molecular flexibility index (Phi) is 17.5. The number of nitrogens with one attached hydrogen (secondary N) is 1. The molecule has 0 aliphatic heterocycles. The molecule has 1 aromatic rings. The molecule has 1 amide bonds. The van der Waals surface area contributed by atoms with Gasteiger partial charge >= 0.3 is 5.97 Å². The van der Waals surface area contributed by atoms with Crippen molar-refractivity contribution in [2.75, 3.05) is 13.2 Å². The molecular weight excluding hydrogens is 430 g/mol. The second-order valence-corrected chi connectivity index (χ2v) is 9.09. The molecule has 0 atom stereocenters. The number of ketones is 1. The number of benzene rings is 1. The lowest BCUT2D eigenvalue weighted by Crippen LogP contribution is -2.34. The summed E-state index contributed by atoms with van der Waals surface area (Å²) < 4.78 is 5.72. The van der Waals surface area contributed by atoms with E-state index in [1.807, 2.05) is 0 Å². The van der Waals surface area contributed by atoms with E-state index in [1.54, 1.807) is 12.1 Å². The fourth-order valence-corrected chi connectivity index (χ4v) is 3.93. The van der Waals surface area contributed by atoms with E-state index in [9.17, 15) is 14.4 Å². The van der Waals surface area contributed by atoms with Crippen LogP contribution in [0, 0.1) is 0 Å². The molecule has 0 saturated heterocycles. The Morgan fingerprint density at radius 1 is 0.765 bits per heavy atom. The topological polar surface area (TPSA) is 92.7 Å². The first-order valence-electron chi connectivity index (χ1n) is 13.3. The van der Waals surface area contributed by atoms with Gasteiger partial charge in [0, 0.05) is 5.56 Å². The first-order chi connectivity index (χ1) is 16.5. The largest absolute Gasteiger partial charge is 0.494 e. The van der Waals surface area contributed by atoms with Gasteiger partial charge in [0.2, 0.25) is 5.78 Å². The standard InChI is InChI=1S/C28H45NO5/c1-2-3-4-5-6-7-8-9-10-11-12-13-14-15-16-17-21-34-25-20-18-19-24(22-25)27(32)28(33)29-23-26(30)31/h18-20,22H,2-17,21,23H2,1H3,(H,29,33)(H,30,31). The molecule has 1 aromatic carbocycles. The van der Waals surface area contributed by atoms with Crippen molar-refractivity contribution in [3.05, 3.63) is 29.8 Å². The van der Waals surface area contributed by atoms with Crippen molar-refractivity contribution in [1.29, 1.82) is 0 Å². The van der Waals surface area contributed by atoms with Gasteiger partial charge in [0.05, 0.1) is 6.61 Å². The molecule has 6 nitrogen and oxygen atoms in total. The first-order valence-corrected chi connectivity index (χ1v) is 13.3. The Labute approximate surface area is 205 Å². The van der Waals surface area contributed by atoms with Crippen molar-refractivity contribution in [3.63, 3.8) is 0 Å². The van der Waals surface area contributed by atoms with Crippen molar-refractivity contribution in [2.45, 2.75) is 110 Å². The molecule has 0 aliphatic carbocycles. The lowest BCUT2D eigenvalue weighted by atomic mass is 10.0. The normalized spacial score (nSPS) is 10.7. The summed E-state index contributed by atoms with van der Waals surface area (Å²) in [5.74, 6) is -2.36. The Morgan fingerprint density at radius 2 is 1.26 bits per heavy atom. The number of aliphatic carboxylic acids is 1. The Hall–Kier alpha value is -2.37. The lowest BCUT2D eigenvalue weighted by molar-refractivity contribution is -0.137. The van der Waals surface area contributed by atoms with Crippen molar-refractivity contribution < 1.29 is 24.2 Å². The molecule has 0 aliphatic rings. The van der Waals surface area contributed by atoms with Gasteiger partial charge in [-0.05, 0) is 18.6 Å². The van der Waals surface area contributed by atoms with Gasteiger partial charge in [-0.15, -0.1) is 0 Å². The number of carbonyl (C=O) groups excluding carboxylic acids is 2. The summed E-state index contributed by atoms with van der Waals surface area (Å²) in [7, 11) is 0. The van der Waals surface area contributed by atoms with Crippen LogP contribution >= 0.6 is 0 Å². The zero-order valence-corrected chi connectivity index (χ0v) is 21.1. The summed E-state index contributed by atoms with van der Waals surface area (Å²) >= 11 is 0. The number of rotatable bonds is 22. The number of ether oxygens (including phenoxy) is 1. The number of hydrogen-bond acceptors (Lipinski definition) is 4. The van der Waals surface area contributed by atoms with Crippen molar-refractivity contribution in [3.8, 4) is 5.75 Å². The summed E-state index contributed by atoms with van der Waals surface area (Å²) in [6.45, 7) is 2.25. The highest BCUT2D eigenvalue weighted by atomic mass is 16.5. The average molecular weight is 476 g/mol. The summed E-state index contributed by atoms with van der Waals surface area (Å²) in [6.07, 6.45) is 21.1. The molecule has 0 fully saturated rings. The molecule has 0 unspecified atom stereocenters. The van der Waals surface area contributed by atoms with Crippen LogP contribution in [-0.4, -0.2) is 35.9 Å². The number of unbranched alkanes of at least 4 members (excludes halogenated alkanes) is 15. The minimum absolute atomic E-state index is 0.187. The third-order valence-electron chi connectivity index (χ3n) is 5.97. The monoisotopic (exact) mass is 475 g/mol. The molecule has 6 heteroatoms. The van der Waals surface area contributed by atoms with E-state index < -0.39 is 24.2 Å². The molecule has 0 bridgehead atoms. The van der Waals surface area contributed by atoms with Crippen LogP contribution in [0.25, 0.3) is 0 Å². The second-order valence-electron chi connectivity index (χ2n) is 9.09. The van der Waals surface area contributed by atoms with Crippen molar-refractivity contribution >= 4 is 17.7 Å². The zero-order valence-electron chi connectivity index (χ0n) is 21.1. The number of carbonyl (C=O) groups is 3. The summed E-state index contributed by atoms with van der Waals surface area (Å²) in [6, 6.07) is 6.44. The summed E-state index contributed by atoms with van der Waals surface area (Å²) in [4.78, 5) is 34.3. The second kappa shape index (κ2) is 20.0. The van der Waals surface area contributed by atoms with E-state index in [0.717, 1.165) is 12.8 Å². The number of Topliss-reactive ketones (excluding diaryl/α,β-unsaturated/α-hetero) is 1. The predicted molar refractivity (Wildman–Crippen MR) is 136 cm³/mol. The van der Waals surface area contributed by atoms with Gasteiger partial charge in [0.1, 0.15) is 12.3 Å². The van der Waals surface area contributed by atoms with Crippen molar-refractivity contribution in [1.82, 2.24) is 5.32 Å². The van der Waals surface area contributed by atoms with E-state index in [2.05, 4.69) is 12.2 Å². The van der Waals surface area contributed by atoms with Crippen molar-refractivity contribution in [2.24, 2.45) is 0 Å². The smallest absolute Gasteiger partial charge is 0.322 e. The molecule has 1 rings (SSSR count). The van der Waals surface area contributed by atoms with Gasteiger partial charge < -0.3 is 15.2 Å². The third kappa shape index (κ3) is 15.5. The lowest BCUT2D eigenvalue weighted by Gasteiger charge is -2.08. The SMILES string of the molecule is CCCCCCCCCCCCCCCCCCOc1cccc(C(=O)C(=O)NCC(=O)O)c1. The third-order valence-corrected chi connectivity index (χ3v) is 5.97. The molecule has 2 N–H and O–H groups in total. The van der Waals surface area contributed by atoms with E-state index in [0.29, 0.717) is 12.4 Å². The summed E-state index contributed by atoms with van der Waals surface area (Å²) in [5.41, 5.74) is 0.187. The molecular formula is C28H45NO5. The van der Waals surface area contributed by atoms with E-state index >= 15 is 0 Å². The molecule has 0 spiro atoms. The fraction of sp³-hybridized carbons (Fsp3) is 0.679. The van der Waals surface area contributed by atoms with Crippen LogP contribution in [0.4, 0.5) is 0 Å². The Balaban J connectivity index is 2.00. The number of amides is 1. The van der Waals surface area contributed by atoms with Gasteiger partial charge in [0.15, 0.2) is 0 Å². The van der Waals surface area contributed by atoms with Gasteiger partial charge in [-0.3, -0.25) is 14.4 Å². The van der Waals surface area contributed by atoms with Gasteiger partial charge in [-0.1, -0.05) is 115 Å². The highest BCUT2D eigenvalue weighted by Crippen LogP contribution is 2.16. The van der Waals surface area contributed by atoms with Crippen LogP contribution < -0.4 is 10.1 Å². The van der Waals surface area contributed by atoms with Gasteiger partial charge in [-0.25, -0.2) is 0 Å². The van der Waals surface area contributed by atoms with Gasteiger partial charge in [-0.2, -0.15) is 0 Å². The van der Waals surface area contributed by atoms with E-state index in [-0.39, 0.29) is 5.56 Å². The average Bonchev–Trinajstić information content (AvgIpc) is 2.84. The van der Waals surface area contributed by atoms with E-state index in [4.69, 9.17) is 9.84 Å². The highest BCUT2D eigenvalue weighted by molar-refractivity contribution is 6.43. The fourth-order valence-electron chi connectivity index (χ4n) is 3.93. The molecule has 0 aromatic heterocycles. The number of carboxylic acid groups (broad SMARTS) is 1. The zero-order chi connectivity index (χ0) is 24.9. The predicted octanol–water partition coefficient (Wildman–Crippen LogP) is 6.71. The summed E-state index contributed by atoms with van der Waals surface area (Å²) in [5, 5.41) is 10.7. The van der Waals surface area contributed by atoms with Crippen LogP contribution in [0.5, 0.6) is 5.75 Å². The molecule has 192 valence electrons. The maximum atomic E-state index is 12.1. The molecule has 0 heterocycles. The Bertz CT molecular complexity index is 704. The maximum Gasteiger partial charge on any atom is 0.322 e. The molecule has 0 radical (unpaired) electrons. The molecule has 0 saturated carbocycles. The maximum absolute atomic E-state index is 12.1. The minimum atomic E-state index is -1.20. The van der Waals surface area contributed by atoms with Crippen LogP contribution in [0.1, 0.15) is 120 Å². The van der Waals surface area contributed by atoms with Crippen LogP contribution in [-0.2, 0) is 9.59 Å². The highest BCUT2D eigenvalue weighted by Gasteiger charge is 2.17. The van der Waals surface area contributed by atoms with Crippen LogP contribution in [0.15, 0.2) is 24.3 Å². The molecule has 34 heavy (non-hydrogen) atoms. The quantitative estimate of drug-likeness (QED) is 0.110. The number of hydrogen-bond donors (Lipinski definition) is 2. The van der Waals surface area contributed by atoms with Crippen LogP contribution in [0.3, 0.4) is 0 Å².